The van der Waals surface area contributed by atoms with E-state index in [1.54, 1.807) is 14.0 Å². The van der Waals surface area contributed by atoms with E-state index in [0.717, 1.165) is 12.1 Å². The average Bonchev–Trinajstić information content (AvgIpc) is 2.65. The standard InChI is InChI=1S/C13H10FN3O3/c1-7-10(6-15)12(17(2)16-7)20-11-4-3-8(14)5-9(11)13(18)19/h3-5H,1-2H3,(H,18,19). The van der Waals surface area contributed by atoms with E-state index in [4.69, 9.17) is 15.1 Å². The molecular weight excluding hydrogens is 265 g/mol. The van der Waals surface area contributed by atoms with Crippen molar-refractivity contribution in [3.63, 3.8) is 0 Å². The van der Waals surface area contributed by atoms with Crippen molar-refractivity contribution in [2.75, 3.05) is 0 Å². The van der Waals surface area contributed by atoms with Gasteiger partial charge in [0.2, 0.25) is 5.88 Å². The minimum atomic E-state index is -1.32. The quantitative estimate of drug-likeness (QED) is 0.927. The van der Waals surface area contributed by atoms with Gasteiger partial charge in [0, 0.05) is 7.05 Å². The van der Waals surface area contributed by atoms with Crippen molar-refractivity contribution in [2.45, 2.75) is 6.92 Å². The van der Waals surface area contributed by atoms with Gasteiger partial charge in [-0.2, -0.15) is 10.4 Å². The largest absolute Gasteiger partial charge is 0.478 e. The molecule has 2 aromatic rings. The minimum absolute atomic E-state index is 0.0570. The first kappa shape index (κ1) is 13.5. The summed E-state index contributed by atoms with van der Waals surface area (Å²) in [6.07, 6.45) is 0. The van der Waals surface area contributed by atoms with Crippen molar-refractivity contribution in [1.82, 2.24) is 9.78 Å². The second kappa shape index (κ2) is 5.01. The molecule has 0 saturated heterocycles. The third-order valence-electron chi connectivity index (χ3n) is 2.66. The molecule has 0 bridgehead atoms. The number of hydrogen-bond donors (Lipinski definition) is 1. The number of carboxylic acids is 1. The lowest BCUT2D eigenvalue weighted by Gasteiger charge is -2.09. The Kier molecular flexibility index (Phi) is 3.39. The van der Waals surface area contributed by atoms with Crippen LogP contribution in [0.2, 0.25) is 0 Å². The fourth-order valence-electron chi connectivity index (χ4n) is 1.75. The average molecular weight is 275 g/mol. The van der Waals surface area contributed by atoms with Crippen LogP contribution in [0.15, 0.2) is 18.2 Å². The number of nitriles is 1. The molecule has 0 saturated carbocycles. The molecule has 1 aromatic carbocycles. The number of aryl methyl sites for hydroxylation is 2. The number of nitrogens with zero attached hydrogens (tertiary/aromatic N) is 3. The highest BCUT2D eigenvalue weighted by molar-refractivity contribution is 5.91. The van der Waals surface area contributed by atoms with Gasteiger partial charge in [-0.1, -0.05) is 0 Å². The molecular formula is C13H10FN3O3. The number of carbonyl (C=O) groups is 1. The van der Waals surface area contributed by atoms with E-state index in [0.29, 0.717) is 5.69 Å². The van der Waals surface area contributed by atoms with E-state index < -0.39 is 11.8 Å². The summed E-state index contributed by atoms with van der Waals surface area (Å²) in [7, 11) is 1.56. The van der Waals surface area contributed by atoms with Gasteiger partial charge < -0.3 is 9.84 Å². The Morgan fingerprint density at radius 2 is 2.25 bits per heavy atom. The second-order valence-corrected chi connectivity index (χ2v) is 4.05. The van der Waals surface area contributed by atoms with Crippen LogP contribution in [-0.4, -0.2) is 20.9 Å². The topological polar surface area (TPSA) is 88.1 Å². The molecule has 102 valence electrons. The number of ether oxygens (including phenoxy) is 1. The summed E-state index contributed by atoms with van der Waals surface area (Å²) in [6.45, 7) is 1.63. The summed E-state index contributed by atoms with van der Waals surface area (Å²) in [6, 6.07) is 5.07. The van der Waals surface area contributed by atoms with Gasteiger partial charge >= 0.3 is 5.97 Å². The molecule has 1 heterocycles. The second-order valence-electron chi connectivity index (χ2n) is 4.05. The Bertz CT molecular complexity index is 731. The predicted molar refractivity (Wildman–Crippen MR) is 66.1 cm³/mol. The smallest absolute Gasteiger partial charge is 0.339 e. The molecule has 0 spiro atoms. The maximum Gasteiger partial charge on any atom is 0.339 e. The molecule has 0 aliphatic heterocycles. The summed E-state index contributed by atoms with van der Waals surface area (Å²) in [4.78, 5) is 11.1. The van der Waals surface area contributed by atoms with Crippen LogP contribution in [0.5, 0.6) is 11.6 Å². The number of rotatable bonds is 3. The number of halogens is 1. The van der Waals surface area contributed by atoms with Crippen LogP contribution in [-0.2, 0) is 7.05 Å². The molecule has 0 amide bonds. The highest BCUT2D eigenvalue weighted by Crippen LogP contribution is 2.29. The molecule has 0 radical (unpaired) electrons. The normalized spacial score (nSPS) is 10.1. The van der Waals surface area contributed by atoms with E-state index >= 15 is 0 Å². The Morgan fingerprint density at radius 3 is 2.85 bits per heavy atom. The van der Waals surface area contributed by atoms with Crippen molar-refractivity contribution in [1.29, 1.82) is 5.26 Å². The first-order chi connectivity index (χ1) is 9.43. The van der Waals surface area contributed by atoms with E-state index in [-0.39, 0.29) is 22.8 Å². The van der Waals surface area contributed by atoms with E-state index in [1.165, 1.54) is 10.7 Å². The molecule has 20 heavy (non-hydrogen) atoms. The molecule has 0 aliphatic rings. The molecule has 7 heteroatoms. The van der Waals surface area contributed by atoms with Gasteiger partial charge in [0.05, 0.1) is 5.69 Å². The van der Waals surface area contributed by atoms with Gasteiger partial charge in [-0.05, 0) is 25.1 Å². The Labute approximate surface area is 113 Å². The Hall–Kier alpha value is -2.88. The zero-order chi connectivity index (χ0) is 14.9. The van der Waals surface area contributed by atoms with Crippen LogP contribution in [0, 0.1) is 24.1 Å². The summed E-state index contributed by atoms with van der Waals surface area (Å²) >= 11 is 0. The van der Waals surface area contributed by atoms with Crippen LogP contribution in [0.25, 0.3) is 0 Å². The maximum absolute atomic E-state index is 13.1. The minimum Gasteiger partial charge on any atom is -0.478 e. The van der Waals surface area contributed by atoms with Gasteiger partial charge in [0.15, 0.2) is 0 Å². The lowest BCUT2D eigenvalue weighted by atomic mass is 10.2. The summed E-state index contributed by atoms with van der Waals surface area (Å²) < 4.78 is 19.8. The molecule has 1 N–H and O–H groups in total. The highest BCUT2D eigenvalue weighted by atomic mass is 19.1. The Balaban J connectivity index is 2.51. The predicted octanol–water partition coefficient (Wildman–Crippen LogP) is 2.23. The number of aromatic carboxylic acids is 1. The summed E-state index contributed by atoms with van der Waals surface area (Å²) in [5.74, 6) is -1.95. The highest BCUT2D eigenvalue weighted by Gasteiger charge is 2.19. The molecule has 2 rings (SSSR count). The number of carboxylic acid groups (broad SMARTS) is 1. The van der Waals surface area contributed by atoms with Crippen molar-refractivity contribution < 1.29 is 19.0 Å². The fraction of sp³-hybridized carbons (Fsp3) is 0.154. The van der Waals surface area contributed by atoms with Crippen molar-refractivity contribution in [3.8, 4) is 17.7 Å². The summed E-state index contributed by atoms with van der Waals surface area (Å²) in [5, 5.41) is 22.1. The van der Waals surface area contributed by atoms with Gasteiger partial charge in [-0.15, -0.1) is 0 Å². The van der Waals surface area contributed by atoms with Crippen LogP contribution in [0.4, 0.5) is 4.39 Å². The Morgan fingerprint density at radius 1 is 1.55 bits per heavy atom. The molecule has 1 aromatic heterocycles. The maximum atomic E-state index is 13.1. The van der Waals surface area contributed by atoms with Crippen molar-refractivity contribution >= 4 is 5.97 Å². The fourth-order valence-corrected chi connectivity index (χ4v) is 1.75. The number of benzene rings is 1. The van der Waals surface area contributed by atoms with E-state index in [1.807, 2.05) is 6.07 Å². The van der Waals surface area contributed by atoms with Crippen LogP contribution < -0.4 is 4.74 Å². The van der Waals surface area contributed by atoms with Crippen LogP contribution >= 0.6 is 0 Å². The summed E-state index contributed by atoms with van der Waals surface area (Å²) in [5.41, 5.74) is 0.338. The third kappa shape index (κ3) is 2.31. The first-order valence-corrected chi connectivity index (χ1v) is 5.58. The van der Waals surface area contributed by atoms with Gasteiger partial charge in [0.1, 0.15) is 28.8 Å². The third-order valence-corrected chi connectivity index (χ3v) is 2.66. The number of aromatic nitrogens is 2. The van der Waals surface area contributed by atoms with Gasteiger partial charge in [-0.25, -0.2) is 13.9 Å². The lowest BCUT2D eigenvalue weighted by molar-refractivity contribution is 0.0693. The van der Waals surface area contributed by atoms with Crippen LogP contribution in [0.1, 0.15) is 21.6 Å². The van der Waals surface area contributed by atoms with Crippen molar-refractivity contribution in [3.05, 3.63) is 40.8 Å². The molecule has 0 aliphatic carbocycles. The zero-order valence-corrected chi connectivity index (χ0v) is 10.7. The zero-order valence-electron chi connectivity index (χ0n) is 10.7. The SMILES string of the molecule is Cc1nn(C)c(Oc2ccc(F)cc2C(=O)O)c1C#N. The van der Waals surface area contributed by atoms with E-state index in [2.05, 4.69) is 5.10 Å². The van der Waals surface area contributed by atoms with Gasteiger partial charge in [0.25, 0.3) is 0 Å². The van der Waals surface area contributed by atoms with Gasteiger partial charge in [-0.3, -0.25) is 0 Å². The molecule has 6 nitrogen and oxygen atoms in total. The molecule has 0 fully saturated rings. The van der Waals surface area contributed by atoms with E-state index in [9.17, 15) is 9.18 Å². The van der Waals surface area contributed by atoms with Crippen LogP contribution in [0.3, 0.4) is 0 Å². The molecule has 0 atom stereocenters. The van der Waals surface area contributed by atoms with Crippen molar-refractivity contribution in [2.24, 2.45) is 7.05 Å². The lowest BCUT2D eigenvalue weighted by Crippen LogP contribution is -2.03. The monoisotopic (exact) mass is 275 g/mol. The number of hydrogen-bond acceptors (Lipinski definition) is 4. The first-order valence-electron chi connectivity index (χ1n) is 5.58. The molecule has 0 unspecified atom stereocenters.